The molecule has 2 N–H and O–H groups in total. The Morgan fingerprint density at radius 2 is 2.15 bits per heavy atom. The van der Waals surface area contributed by atoms with E-state index in [2.05, 4.69) is 27.8 Å². The van der Waals surface area contributed by atoms with Crippen molar-refractivity contribution in [1.82, 2.24) is 14.5 Å². The van der Waals surface area contributed by atoms with Crippen molar-refractivity contribution < 1.29 is 0 Å². The van der Waals surface area contributed by atoms with E-state index in [1.807, 2.05) is 32.3 Å². The van der Waals surface area contributed by atoms with E-state index in [1.165, 1.54) is 5.56 Å². The molecule has 3 aromatic rings. The van der Waals surface area contributed by atoms with E-state index in [0.717, 1.165) is 28.8 Å². The van der Waals surface area contributed by atoms with Gasteiger partial charge in [-0.1, -0.05) is 6.07 Å². The van der Waals surface area contributed by atoms with Crippen molar-refractivity contribution in [2.24, 2.45) is 12.8 Å². The highest BCUT2D eigenvalue weighted by atomic mass is 15.1. The summed E-state index contributed by atoms with van der Waals surface area (Å²) in [5.74, 6) is 0.936. The zero-order valence-corrected chi connectivity index (χ0v) is 11.7. The molecule has 0 spiro atoms. The van der Waals surface area contributed by atoms with Crippen LogP contribution in [-0.4, -0.2) is 20.6 Å². The molecule has 3 rings (SSSR count). The highest BCUT2D eigenvalue weighted by molar-refractivity contribution is 5.81. The first-order valence-electron chi connectivity index (χ1n) is 6.76. The van der Waals surface area contributed by atoms with Gasteiger partial charge in [0.25, 0.3) is 0 Å². The molecule has 2 heterocycles. The highest BCUT2D eigenvalue weighted by Crippen LogP contribution is 2.24. The molecular formula is C16H18N4. The van der Waals surface area contributed by atoms with E-state index < -0.39 is 0 Å². The van der Waals surface area contributed by atoms with Gasteiger partial charge in [0, 0.05) is 31.0 Å². The highest BCUT2D eigenvalue weighted by Gasteiger charge is 2.10. The lowest BCUT2D eigenvalue weighted by molar-refractivity contribution is 0.738. The zero-order valence-electron chi connectivity index (χ0n) is 11.7. The molecule has 4 nitrogen and oxygen atoms in total. The van der Waals surface area contributed by atoms with Crippen LogP contribution in [-0.2, 0) is 13.5 Å². The van der Waals surface area contributed by atoms with Gasteiger partial charge in [0.2, 0.25) is 0 Å². The quantitative estimate of drug-likeness (QED) is 0.792. The molecule has 1 aromatic carbocycles. The number of imidazole rings is 1. The van der Waals surface area contributed by atoms with E-state index >= 15 is 0 Å². The average molecular weight is 266 g/mol. The second-order valence-electron chi connectivity index (χ2n) is 5.24. The first-order chi connectivity index (χ1) is 9.65. The van der Waals surface area contributed by atoms with E-state index in [0.29, 0.717) is 0 Å². The number of aromatic nitrogens is 3. The van der Waals surface area contributed by atoms with Crippen molar-refractivity contribution in [1.29, 1.82) is 0 Å². The fourth-order valence-corrected chi connectivity index (χ4v) is 2.49. The number of nitrogens with zero attached hydrogens (tertiary/aromatic N) is 3. The summed E-state index contributed by atoms with van der Waals surface area (Å²) in [4.78, 5) is 8.85. The Kier molecular flexibility index (Phi) is 3.24. The summed E-state index contributed by atoms with van der Waals surface area (Å²) in [5, 5.41) is 0. The van der Waals surface area contributed by atoms with Gasteiger partial charge in [-0.05, 0) is 43.2 Å². The monoisotopic (exact) mass is 266 g/mol. The maximum absolute atomic E-state index is 5.87. The fourth-order valence-electron chi connectivity index (χ4n) is 2.49. The van der Waals surface area contributed by atoms with Crippen molar-refractivity contribution in [3.05, 3.63) is 48.3 Å². The van der Waals surface area contributed by atoms with Crippen LogP contribution in [0.3, 0.4) is 0 Å². The Morgan fingerprint density at radius 1 is 1.30 bits per heavy atom. The zero-order chi connectivity index (χ0) is 14.1. The Bertz CT molecular complexity index is 729. The van der Waals surface area contributed by atoms with Crippen LogP contribution in [0.4, 0.5) is 0 Å². The van der Waals surface area contributed by atoms with Crippen LogP contribution in [0, 0.1) is 0 Å². The second kappa shape index (κ2) is 5.06. The van der Waals surface area contributed by atoms with Crippen LogP contribution in [0.1, 0.15) is 12.5 Å². The second-order valence-corrected chi connectivity index (χ2v) is 5.24. The number of aryl methyl sites for hydroxylation is 1. The minimum atomic E-state index is 0.165. The molecule has 0 amide bonds. The predicted molar refractivity (Wildman–Crippen MR) is 81.3 cm³/mol. The van der Waals surface area contributed by atoms with Crippen LogP contribution in [0.25, 0.3) is 22.4 Å². The van der Waals surface area contributed by atoms with Crippen molar-refractivity contribution in [3.8, 4) is 11.4 Å². The first kappa shape index (κ1) is 12.8. The van der Waals surface area contributed by atoms with Crippen LogP contribution in [0.15, 0.2) is 42.7 Å². The summed E-state index contributed by atoms with van der Waals surface area (Å²) in [6.07, 6.45) is 4.49. The Morgan fingerprint density at radius 3 is 2.85 bits per heavy atom. The number of nitrogens with two attached hydrogens (primary N) is 1. The van der Waals surface area contributed by atoms with Crippen molar-refractivity contribution >= 4 is 11.0 Å². The third-order valence-corrected chi connectivity index (χ3v) is 3.42. The average Bonchev–Trinajstić information content (AvgIpc) is 2.76. The summed E-state index contributed by atoms with van der Waals surface area (Å²) >= 11 is 0. The van der Waals surface area contributed by atoms with Gasteiger partial charge in [0.05, 0.1) is 11.0 Å². The Balaban J connectivity index is 2.11. The van der Waals surface area contributed by atoms with E-state index in [9.17, 15) is 0 Å². The largest absolute Gasteiger partial charge is 0.328 e. The Hall–Kier alpha value is -2.20. The maximum Gasteiger partial charge on any atom is 0.142 e. The van der Waals surface area contributed by atoms with Crippen molar-refractivity contribution in [2.75, 3.05) is 0 Å². The summed E-state index contributed by atoms with van der Waals surface area (Å²) in [5.41, 5.74) is 10.3. The summed E-state index contributed by atoms with van der Waals surface area (Å²) in [6.45, 7) is 2.02. The standard InChI is InChI=1S/C16H18N4/c1-11(17)8-12-5-6-14-15(9-12)20(2)16(19-14)13-4-3-7-18-10-13/h3-7,9-11H,8,17H2,1-2H3. The lowest BCUT2D eigenvalue weighted by atomic mass is 10.1. The summed E-state index contributed by atoms with van der Waals surface area (Å²) < 4.78 is 2.11. The van der Waals surface area contributed by atoms with E-state index in [4.69, 9.17) is 10.7 Å². The maximum atomic E-state index is 5.87. The van der Waals surface area contributed by atoms with Gasteiger partial charge in [-0.15, -0.1) is 0 Å². The minimum absolute atomic E-state index is 0.165. The third kappa shape index (κ3) is 2.30. The lowest BCUT2D eigenvalue weighted by Crippen LogP contribution is -2.17. The van der Waals surface area contributed by atoms with Crippen LogP contribution >= 0.6 is 0 Å². The van der Waals surface area contributed by atoms with Gasteiger partial charge in [0.15, 0.2) is 0 Å². The van der Waals surface area contributed by atoms with Gasteiger partial charge >= 0.3 is 0 Å². The Labute approximate surface area is 118 Å². The molecule has 0 aliphatic heterocycles. The summed E-state index contributed by atoms with van der Waals surface area (Å²) in [6, 6.07) is 10.5. The molecule has 0 radical (unpaired) electrons. The van der Waals surface area contributed by atoms with Crippen molar-refractivity contribution in [2.45, 2.75) is 19.4 Å². The number of hydrogen-bond donors (Lipinski definition) is 1. The molecule has 1 atom stereocenters. The molecule has 0 fully saturated rings. The fraction of sp³-hybridized carbons (Fsp3) is 0.250. The number of hydrogen-bond acceptors (Lipinski definition) is 3. The number of pyridine rings is 1. The molecule has 102 valence electrons. The van der Waals surface area contributed by atoms with Crippen LogP contribution < -0.4 is 5.73 Å². The lowest BCUT2D eigenvalue weighted by Gasteiger charge is -2.06. The smallest absolute Gasteiger partial charge is 0.142 e. The van der Waals surface area contributed by atoms with Crippen molar-refractivity contribution in [3.63, 3.8) is 0 Å². The molecule has 0 aliphatic rings. The SMILES string of the molecule is CC(N)Cc1ccc2nc(-c3cccnc3)n(C)c2c1. The number of rotatable bonds is 3. The topological polar surface area (TPSA) is 56.7 Å². The molecule has 0 bridgehead atoms. The number of benzene rings is 1. The minimum Gasteiger partial charge on any atom is -0.328 e. The molecule has 1 unspecified atom stereocenters. The molecule has 20 heavy (non-hydrogen) atoms. The normalized spacial score (nSPS) is 12.8. The van der Waals surface area contributed by atoms with Gasteiger partial charge in [-0.25, -0.2) is 4.98 Å². The molecule has 0 saturated heterocycles. The third-order valence-electron chi connectivity index (χ3n) is 3.42. The molecule has 2 aromatic heterocycles. The van der Waals surface area contributed by atoms with Gasteiger partial charge < -0.3 is 10.3 Å². The van der Waals surface area contributed by atoms with E-state index in [1.54, 1.807) is 6.20 Å². The van der Waals surface area contributed by atoms with E-state index in [-0.39, 0.29) is 6.04 Å². The van der Waals surface area contributed by atoms with Gasteiger partial charge in [-0.2, -0.15) is 0 Å². The molecular weight excluding hydrogens is 248 g/mol. The molecule has 0 saturated carbocycles. The summed E-state index contributed by atoms with van der Waals surface area (Å²) in [7, 11) is 2.04. The molecule has 0 aliphatic carbocycles. The van der Waals surface area contributed by atoms with Crippen LogP contribution in [0.5, 0.6) is 0 Å². The molecule has 4 heteroatoms. The number of fused-ring (bicyclic) bond motifs is 1. The first-order valence-corrected chi connectivity index (χ1v) is 6.76. The predicted octanol–water partition coefficient (Wildman–Crippen LogP) is 2.53. The van der Waals surface area contributed by atoms with Crippen LogP contribution in [0.2, 0.25) is 0 Å². The van der Waals surface area contributed by atoms with Gasteiger partial charge in [0.1, 0.15) is 5.82 Å². The van der Waals surface area contributed by atoms with Gasteiger partial charge in [-0.3, -0.25) is 4.98 Å².